The fourth-order valence-electron chi connectivity index (χ4n) is 2.42. The van der Waals surface area contributed by atoms with Crippen molar-refractivity contribution < 1.29 is 18.6 Å². The molecule has 0 atom stereocenters. The average Bonchev–Trinajstić information content (AvgIpc) is 2.83. The zero-order valence-corrected chi connectivity index (χ0v) is 12.3. The summed E-state index contributed by atoms with van der Waals surface area (Å²) in [6, 6.07) is 11.7. The maximum absolute atomic E-state index is 12.1. The van der Waals surface area contributed by atoms with Gasteiger partial charge in [0.05, 0.1) is 11.3 Å². The third kappa shape index (κ3) is 3.15. The number of ether oxygens (including phenoxy) is 1. The van der Waals surface area contributed by atoms with Gasteiger partial charge in [-0.1, -0.05) is 12.1 Å². The molecule has 0 amide bonds. The molecule has 1 aromatic heterocycles. The lowest BCUT2D eigenvalue weighted by atomic mass is 10.1. The highest BCUT2D eigenvalue weighted by atomic mass is 19.3. The number of nitrogens with one attached hydrogen (secondary N) is 1. The standard InChI is InChI=1S/C17H14F2N2O2/c1-10-3-2-4-14-15(10)13(16(22)21-14)9-20-11-5-7-12(8-6-11)23-17(18)19/h2-9,17,21-22H,1H3. The number of aromatic nitrogens is 1. The fourth-order valence-corrected chi connectivity index (χ4v) is 2.42. The SMILES string of the molecule is Cc1cccc2[nH]c(O)c(C=Nc3ccc(OC(F)F)cc3)c12. The first-order valence-electron chi connectivity index (χ1n) is 6.94. The number of hydrogen-bond donors (Lipinski definition) is 2. The molecule has 23 heavy (non-hydrogen) atoms. The molecule has 2 N–H and O–H groups in total. The molecular formula is C17H14F2N2O2. The summed E-state index contributed by atoms with van der Waals surface area (Å²) < 4.78 is 28.5. The van der Waals surface area contributed by atoms with E-state index in [1.807, 2.05) is 25.1 Å². The maximum Gasteiger partial charge on any atom is 0.387 e. The van der Waals surface area contributed by atoms with Gasteiger partial charge in [-0.05, 0) is 42.8 Å². The van der Waals surface area contributed by atoms with E-state index in [-0.39, 0.29) is 11.6 Å². The second-order valence-corrected chi connectivity index (χ2v) is 5.02. The molecule has 4 nitrogen and oxygen atoms in total. The quantitative estimate of drug-likeness (QED) is 0.695. The van der Waals surface area contributed by atoms with Crippen molar-refractivity contribution in [2.45, 2.75) is 13.5 Å². The van der Waals surface area contributed by atoms with E-state index in [4.69, 9.17) is 0 Å². The van der Waals surface area contributed by atoms with Crippen LogP contribution in [0.2, 0.25) is 0 Å². The molecule has 3 aromatic rings. The topological polar surface area (TPSA) is 57.6 Å². The van der Waals surface area contributed by atoms with Crippen LogP contribution < -0.4 is 4.74 Å². The first-order valence-corrected chi connectivity index (χ1v) is 6.94. The second-order valence-electron chi connectivity index (χ2n) is 5.02. The van der Waals surface area contributed by atoms with Crippen LogP contribution in [0.1, 0.15) is 11.1 Å². The molecule has 0 aliphatic carbocycles. The van der Waals surface area contributed by atoms with Crippen LogP contribution in [0.15, 0.2) is 47.5 Å². The number of halogens is 2. The Morgan fingerprint density at radius 1 is 1.17 bits per heavy atom. The molecule has 0 saturated carbocycles. The number of aryl methyl sites for hydroxylation is 1. The van der Waals surface area contributed by atoms with E-state index in [9.17, 15) is 13.9 Å². The normalized spacial score (nSPS) is 11.7. The number of H-pyrrole nitrogens is 1. The average molecular weight is 316 g/mol. The molecule has 0 aliphatic heterocycles. The smallest absolute Gasteiger partial charge is 0.387 e. The van der Waals surface area contributed by atoms with E-state index in [1.54, 1.807) is 18.3 Å². The van der Waals surface area contributed by atoms with Gasteiger partial charge < -0.3 is 14.8 Å². The van der Waals surface area contributed by atoms with E-state index in [2.05, 4.69) is 14.7 Å². The minimum Gasteiger partial charge on any atom is -0.494 e. The third-order valence-corrected chi connectivity index (χ3v) is 3.45. The summed E-state index contributed by atoms with van der Waals surface area (Å²) in [5, 5.41) is 10.9. The Hall–Kier alpha value is -2.89. The van der Waals surface area contributed by atoms with Crippen molar-refractivity contribution in [2.24, 2.45) is 4.99 Å². The lowest BCUT2D eigenvalue weighted by Crippen LogP contribution is -2.01. The summed E-state index contributed by atoms with van der Waals surface area (Å²) in [5.41, 5.74) is 2.99. The number of aliphatic imine (C=N–C) groups is 1. The summed E-state index contributed by atoms with van der Waals surface area (Å²) in [7, 11) is 0. The van der Waals surface area contributed by atoms with Crippen LogP contribution in [0.5, 0.6) is 11.6 Å². The highest BCUT2D eigenvalue weighted by Crippen LogP contribution is 2.29. The van der Waals surface area contributed by atoms with Gasteiger partial charge in [-0.15, -0.1) is 0 Å². The summed E-state index contributed by atoms with van der Waals surface area (Å²) in [4.78, 5) is 7.17. The number of hydrogen-bond acceptors (Lipinski definition) is 3. The highest BCUT2D eigenvalue weighted by Gasteiger charge is 2.10. The summed E-state index contributed by atoms with van der Waals surface area (Å²) in [5.74, 6) is 0.112. The molecule has 1 heterocycles. The predicted octanol–water partition coefficient (Wildman–Crippen LogP) is 4.53. The van der Waals surface area contributed by atoms with Crippen LogP contribution in [0.3, 0.4) is 0 Å². The number of aromatic amines is 1. The van der Waals surface area contributed by atoms with Crippen molar-refractivity contribution in [3.63, 3.8) is 0 Å². The molecule has 0 saturated heterocycles. The molecule has 2 aromatic carbocycles. The first-order chi connectivity index (χ1) is 11.0. The minimum atomic E-state index is -2.85. The van der Waals surface area contributed by atoms with Crippen molar-refractivity contribution >= 4 is 22.8 Å². The minimum absolute atomic E-state index is 0.0377. The molecule has 118 valence electrons. The Morgan fingerprint density at radius 2 is 1.91 bits per heavy atom. The van der Waals surface area contributed by atoms with Crippen LogP contribution in [0, 0.1) is 6.92 Å². The van der Waals surface area contributed by atoms with Gasteiger partial charge in [0.2, 0.25) is 0 Å². The Labute approximate surface area is 131 Å². The van der Waals surface area contributed by atoms with E-state index < -0.39 is 6.61 Å². The van der Waals surface area contributed by atoms with Gasteiger partial charge in [0.25, 0.3) is 0 Å². The number of alkyl halides is 2. The Bertz CT molecular complexity index is 855. The number of fused-ring (bicyclic) bond motifs is 1. The van der Waals surface area contributed by atoms with Crippen molar-refractivity contribution in [2.75, 3.05) is 0 Å². The van der Waals surface area contributed by atoms with Crippen LogP contribution in [0.25, 0.3) is 10.9 Å². The van der Waals surface area contributed by atoms with Gasteiger partial charge in [-0.2, -0.15) is 8.78 Å². The van der Waals surface area contributed by atoms with Crippen molar-refractivity contribution in [1.29, 1.82) is 0 Å². The number of benzene rings is 2. The first kappa shape index (κ1) is 15.0. The lowest BCUT2D eigenvalue weighted by Gasteiger charge is -2.03. The van der Waals surface area contributed by atoms with Gasteiger partial charge in [0.1, 0.15) is 5.75 Å². The van der Waals surface area contributed by atoms with Gasteiger partial charge in [-0.25, -0.2) is 0 Å². The Kier molecular flexibility index (Phi) is 3.97. The van der Waals surface area contributed by atoms with E-state index >= 15 is 0 Å². The van der Waals surface area contributed by atoms with Crippen LogP contribution in [-0.2, 0) is 0 Å². The molecule has 0 aliphatic rings. The Balaban J connectivity index is 1.90. The molecule has 6 heteroatoms. The van der Waals surface area contributed by atoms with Crippen LogP contribution in [0.4, 0.5) is 14.5 Å². The largest absolute Gasteiger partial charge is 0.494 e. The van der Waals surface area contributed by atoms with Gasteiger partial charge in [0.15, 0.2) is 5.88 Å². The number of nitrogens with zero attached hydrogens (tertiary/aromatic N) is 1. The van der Waals surface area contributed by atoms with Gasteiger partial charge in [-0.3, -0.25) is 4.99 Å². The van der Waals surface area contributed by atoms with Crippen LogP contribution in [-0.4, -0.2) is 22.9 Å². The fraction of sp³-hybridized carbons (Fsp3) is 0.118. The maximum atomic E-state index is 12.1. The van der Waals surface area contributed by atoms with E-state index in [0.29, 0.717) is 11.3 Å². The van der Waals surface area contributed by atoms with Crippen molar-refractivity contribution in [1.82, 2.24) is 4.98 Å². The lowest BCUT2D eigenvalue weighted by molar-refractivity contribution is -0.0498. The molecule has 0 fully saturated rings. The van der Waals surface area contributed by atoms with Gasteiger partial charge in [0, 0.05) is 17.1 Å². The molecule has 0 spiro atoms. The molecule has 3 rings (SSSR count). The summed E-state index contributed by atoms with van der Waals surface area (Å²) in [6.45, 7) is -0.904. The number of rotatable bonds is 4. The molecule has 0 unspecified atom stereocenters. The molecule has 0 radical (unpaired) electrons. The van der Waals surface area contributed by atoms with Crippen molar-refractivity contribution in [3.05, 3.63) is 53.6 Å². The van der Waals surface area contributed by atoms with Crippen LogP contribution >= 0.6 is 0 Å². The highest BCUT2D eigenvalue weighted by molar-refractivity contribution is 6.04. The van der Waals surface area contributed by atoms with E-state index in [1.165, 1.54) is 12.1 Å². The third-order valence-electron chi connectivity index (χ3n) is 3.45. The zero-order chi connectivity index (χ0) is 16.4. The van der Waals surface area contributed by atoms with E-state index in [0.717, 1.165) is 16.5 Å². The summed E-state index contributed by atoms with van der Waals surface area (Å²) >= 11 is 0. The van der Waals surface area contributed by atoms with Crippen molar-refractivity contribution in [3.8, 4) is 11.6 Å². The monoisotopic (exact) mass is 316 g/mol. The number of aromatic hydroxyl groups is 1. The molecule has 0 bridgehead atoms. The summed E-state index contributed by atoms with van der Waals surface area (Å²) in [6.07, 6.45) is 1.55. The second kappa shape index (κ2) is 6.08. The molecular weight excluding hydrogens is 302 g/mol. The predicted molar refractivity (Wildman–Crippen MR) is 85.0 cm³/mol. The zero-order valence-electron chi connectivity index (χ0n) is 12.3. The Morgan fingerprint density at radius 3 is 2.61 bits per heavy atom. The van der Waals surface area contributed by atoms with Gasteiger partial charge >= 0.3 is 6.61 Å².